The van der Waals surface area contributed by atoms with Crippen LogP contribution in [0, 0.1) is 0 Å². The quantitative estimate of drug-likeness (QED) is 0.702. The van der Waals surface area contributed by atoms with E-state index in [1.165, 1.54) is 4.88 Å². The molecule has 0 amide bonds. The number of aromatic nitrogens is 1. The van der Waals surface area contributed by atoms with Crippen LogP contribution in [0.1, 0.15) is 4.88 Å². The molecule has 18 heavy (non-hydrogen) atoms. The lowest BCUT2D eigenvalue weighted by Gasteiger charge is -2.08. The van der Waals surface area contributed by atoms with Gasteiger partial charge in [0.05, 0.1) is 15.8 Å². The first-order valence-corrected chi connectivity index (χ1v) is 7.17. The summed E-state index contributed by atoms with van der Waals surface area (Å²) in [6, 6.07) is 13.5. The molecule has 0 radical (unpaired) electrons. The third-order valence-electron chi connectivity index (χ3n) is 2.84. The molecule has 0 unspecified atom stereocenters. The number of hydrogen-bond donors (Lipinski definition) is 0. The van der Waals surface area contributed by atoms with E-state index in [0.29, 0.717) is 0 Å². The summed E-state index contributed by atoms with van der Waals surface area (Å²) < 4.78 is 3.23. The summed E-state index contributed by atoms with van der Waals surface area (Å²) in [5, 5.41) is 0.774. The third-order valence-corrected chi connectivity index (χ3v) is 4.45. The van der Waals surface area contributed by atoms with E-state index in [4.69, 9.17) is 0 Å². The van der Waals surface area contributed by atoms with Crippen molar-refractivity contribution in [1.82, 2.24) is 4.57 Å². The lowest BCUT2D eigenvalue weighted by molar-refractivity contribution is 0.839. The zero-order chi connectivity index (χ0) is 12.5. The second-order valence-electron chi connectivity index (χ2n) is 4.03. The first-order valence-electron chi connectivity index (χ1n) is 5.56. The van der Waals surface area contributed by atoms with E-state index in [2.05, 4.69) is 26.6 Å². The lowest BCUT2D eigenvalue weighted by atomic mass is 10.2. The van der Waals surface area contributed by atoms with Gasteiger partial charge in [-0.15, -0.1) is 11.3 Å². The Morgan fingerprint density at radius 3 is 2.72 bits per heavy atom. The maximum atomic E-state index is 11.8. The van der Waals surface area contributed by atoms with Crippen LogP contribution in [-0.4, -0.2) is 4.57 Å². The summed E-state index contributed by atoms with van der Waals surface area (Å²) in [5.41, 5.74) is 1.06. The summed E-state index contributed by atoms with van der Waals surface area (Å²) in [6.07, 6.45) is 1.86. The van der Waals surface area contributed by atoms with Crippen molar-refractivity contribution in [3.63, 3.8) is 0 Å². The minimum Gasteiger partial charge on any atom is -0.342 e. The van der Waals surface area contributed by atoms with Gasteiger partial charge < -0.3 is 4.57 Å². The number of hydrogen-bond acceptors (Lipinski definition) is 2. The van der Waals surface area contributed by atoms with Gasteiger partial charge in [0, 0.05) is 22.5 Å². The molecule has 3 aromatic rings. The molecule has 0 aliphatic heterocycles. The van der Waals surface area contributed by atoms with Crippen molar-refractivity contribution in [3.05, 3.63) is 67.5 Å². The molecule has 4 heteroatoms. The van der Waals surface area contributed by atoms with Gasteiger partial charge in [-0.3, -0.25) is 4.79 Å². The van der Waals surface area contributed by atoms with E-state index in [1.54, 1.807) is 17.4 Å². The van der Waals surface area contributed by atoms with Crippen molar-refractivity contribution >= 4 is 38.2 Å². The van der Waals surface area contributed by atoms with Crippen LogP contribution in [0.3, 0.4) is 0 Å². The van der Waals surface area contributed by atoms with E-state index in [1.807, 2.05) is 36.5 Å². The lowest BCUT2D eigenvalue weighted by Crippen LogP contribution is -2.07. The number of benzene rings is 1. The average Bonchev–Trinajstić information content (AvgIpc) is 2.79. The molecule has 1 aromatic carbocycles. The monoisotopic (exact) mass is 319 g/mol. The number of thiophene rings is 1. The van der Waals surface area contributed by atoms with Crippen molar-refractivity contribution in [2.75, 3.05) is 0 Å². The van der Waals surface area contributed by atoms with Crippen LogP contribution in [0.5, 0.6) is 0 Å². The Hall–Kier alpha value is -1.39. The van der Waals surface area contributed by atoms with Crippen LogP contribution < -0.4 is 5.43 Å². The number of para-hydroxylation sites is 1. The van der Waals surface area contributed by atoms with Crippen LogP contribution in [0.2, 0.25) is 0 Å². The molecule has 2 aromatic heterocycles. The topological polar surface area (TPSA) is 22.0 Å². The molecule has 3 rings (SSSR count). The Morgan fingerprint density at radius 2 is 1.94 bits per heavy atom. The second-order valence-corrected chi connectivity index (χ2v) is 6.58. The first-order chi connectivity index (χ1) is 8.74. The Morgan fingerprint density at radius 1 is 1.11 bits per heavy atom. The van der Waals surface area contributed by atoms with E-state index >= 15 is 0 Å². The maximum Gasteiger partial charge on any atom is 0.189 e. The molecule has 2 nitrogen and oxygen atoms in total. The minimum absolute atomic E-state index is 0.0780. The second kappa shape index (κ2) is 4.71. The third kappa shape index (κ3) is 2.13. The number of rotatable bonds is 2. The van der Waals surface area contributed by atoms with Crippen molar-refractivity contribution in [2.24, 2.45) is 0 Å². The zero-order valence-corrected chi connectivity index (χ0v) is 11.9. The molecule has 0 aliphatic rings. The normalized spacial score (nSPS) is 10.9. The molecular formula is C14H10BrNOS. The molecule has 0 N–H and O–H groups in total. The predicted molar refractivity (Wildman–Crippen MR) is 79.3 cm³/mol. The van der Waals surface area contributed by atoms with Gasteiger partial charge in [0.25, 0.3) is 0 Å². The van der Waals surface area contributed by atoms with Crippen LogP contribution >= 0.6 is 27.3 Å². The molecular weight excluding hydrogens is 310 g/mol. The fourth-order valence-electron chi connectivity index (χ4n) is 2.00. The van der Waals surface area contributed by atoms with E-state index in [-0.39, 0.29) is 5.43 Å². The van der Waals surface area contributed by atoms with Gasteiger partial charge in [-0.1, -0.05) is 12.1 Å². The summed E-state index contributed by atoms with van der Waals surface area (Å²) in [6.45, 7) is 0.789. The van der Waals surface area contributed by atoms with Gasteiger partial charge in [0.2, 0.25) is 0 Å². The predicted octanol–water partition coefficient (Wildman–Crippen LogP) is 3.87. The van der Waals surface area contributed by atoms with Crippen LogP contribution in [0.25, 0.3) is 10.9 Å². The van der Waals surface area contributed by atoms with Gasteiger partial charge in [-0.05, 0) is 40.2 Å². The minimum atomic E-state index is 0.0780. The Balaban J connectivity index is 2.12. The first kappa shape index (κ1) is 11.7. The largest absolute Gasteiger partial charge is 0.342 e. The van der Waals surface area contributed by atoms with E-state index < -0.39 is 0 Å². The molecule has 0 aliphatic carbocycles. The number of fused-ring (bicyclic) bond motifs is 1. The molecule has 0 bridgehead atoms. The van der Waals surface area contributed by atoms with Gasteiger partial charge in [-0.2, -0.15) is 0 Å². The van der Waals surface area contributed by atoms with Gasteiger partial charge in [-0.25, -0.2) is 0 Å². The molecule has 90 valence electrons. The molecule has 0 saturated carbocycles. The zero-order valence-electron chi connectivity index (χ0n) is 9.47. The van der Waals surface area contributed by atoms with Crippen molar-refractivity contribution in [1.29, 1.82) is 0 Å². The highest BCUT2D eigenvalue weighted by Crippen LogP contribution is 2.23. The van der Waals surface area contributed by atoms with Crippen molar-refractivity contribution in [3.8, 4) is 0 Å². The Bertz CT molecular complexity index is 760. The highest BCUT2D eigenvalue weighted by molar-refractivity contribution is 9.11. The highest BCUT2D eigenvalue weighted by Gasteiger charge is 2.04. The SMILES string of the molecule is O=c1ccn(Cc2ccc(Br)s2)c2ccccc12. The highest BCUT2D eigenvalue weighted by atomic mass is 79.9. The van der Waals surface area contributed by atoms with Gasteiger partial charge in [0.1, 0.15) is 0 Å². The van der Waals surface area contributed by atoms with Crippen LogP contribution in [-0.2, 0) is 6.54 Å². The van der Waals surface area contributed by atoms with Crippen molar-refractivity contribution < 1.29 is 0 Å². The molecule has 0 atom stereocenters. The summed E-state index contributed by atoms with van der Waals surface area (Å²) >= 11 is 5.18. The smallest absolute Gasteiger partial charge is 0.189 e. The molecule has 0 saturated heterocycles. The Kier molecular flexibility index (Phi) is 3.06. The summed E-state index contributed by atoms with van der Waals surface area (Å²) in [4.78, 5) is 13.0. The van der Waals surface area contributed by atoms with Crippen molar-refractivity contribution in [2.45, 2.75) is 6.54 Å². The summed E-state index contributed by atoms with van der Waals surface area (Å²) in [7, 11) is 0. The van der Waals surface area contributed by atoms with E-state index in [0.717, 1.165) is 21.2 Å². The number of pyridine rings is 1. The summed E-state index contributed by atoms with van der Waals surface area (Å²) in [5.74, 6) is 0. The van der Waals surface area contributed by atoms with Crippen LogP contribution in [0.15, 0.2) is 57.2 Å². The average molecular weight is 320 g/mol. The molecule has 0 fully saturated rings. The number of nitrogens with zero attached hydrogens (tertiary/aromatic N) is 1. The fraction of sp³-hybridized carbons (Fsp3) is 0.0714. The Labute approximate surface area is 117 Å². The van der Waals surface area contributed by atoms with Crippen LogP contribution in [0.4, 0.5) is 0 Å². The van der Waals surface area contributed by atoms with Gasteiger partial charge in [0.15, 0.2) is 5.43 Å². The van der Waals surface area contributed by atoms with E-state index in [9.17, 15) is 4.79 Å². The van der Waals surface area contributed by atoms with Gasteiger partial charge >= 0.3 is 0 Å². The fourth-order valence-corrected chi connectivity index (χ4v) is 3.48. The molecule has 0 spiro atoms. The molecule has 2 heterocycles. The standard InChI is InChI=1S/C14H10BrNOS/c15-14-6-5-10(18-14)9-16-8-7-13(17)11-3-1-2-4-12(11)16/h1-8H,9H2. The maximum absolute atomic E-state index is 11.8. The number of halogens is 1.